The number of carbonyl (C=O) groups is 1. The molecule has 0 aliphatic rings. The maximum atomic E-state index is 13.0. The van der Waals surface area contributed by atoms with Gasteiger partial charge in [-0.05, 0) is 82.9 Å². The van der Waals surface area contributed by atoms with Crippen molar-refractivity contribution in [3.05, 3.63) is 28.8 Å². The Bertz CT molecular complexity index is 698. The molecule has 0 amide bonds. The molecule has 0 fully saturated rings. The highest BCUT2D eigenvalue weighted by atomic mass is 16.7. The van der Waals surface area contributed by atoms with Gasteiger partial charge >= 0.3 is 5.97 Å². The summed E-state index contributed by atoms with van der Waals surface area (Å²) in [5.41, 5.74) is 3.01. The summed E-state index contributed by atoms with van der Waals surface area (Å²) < 4.78 is 5.96. The van der Waals surface area contributed by atoms with Crippen molar-refractivity contribution in [2.75, 3.05) is 0 Å². The highest BCUT2D eigenvalue weighted by molar-refractivity contribution is 5.77. The molecule has 172 valence electrons. The molecular formula is C26H45NO3. The van der Waals surface area contributed by atoms with Gasteiger partial charge < -0.3 is 4.74 Å². The van der Waals surface area contributed by atoms with Crippen molar-refractivity contribution in [3.8, 4) is 5.75 Å². The van der Waals surface area contributed by atoms with Gasteiger partial charge in [-0.25, -0.2) is 4.79 Å². The van der Waals surface area contributed by atoms with Crippen molar-refractivity contribution in [1.82, 2.24) is 5.06 Å². The van der Waals surface area contributed by atoms with Crippen molar-refractivity contribution in [1.29, 1.82) is 0 Å². The Morgan fingerprint density at radius 2 is 1.40 bits per heavy atom. The van der Waals surface area contributed by atoms with E-state index >= 15 is 0 Å². The molecule has 0 aliphatic heterocycles. The van der Waals surface area contributed by atoms with E-state index in [1.165, 1.54) is 5.56 Å². The number of carbonyl (C=O) groups excluding carboxylic acids is 1. The molecule has 0 saturated heterocycles. The van der Waals surface area contributed by atoms with Gasteiger partial charge in [0.1, 0.15) is 5.75 Å². The number of hydroxylamine groups is 2. The van der Waals surface area contributed by atoms with Crippen molar-refractivity contribution < 1.29 is 14.4 Å². The first-order chi connectivity index (χ1) is 13.6. The first-order valence-corrected chi connectivity index (χ1v) is 11.4. The van der Waals surface area contributed by atoms with E-state index in [1.807, 2.05) is 5.06 Å². The summed E-state index contributed by atoms with van der Waals surface area (Å²) in [5, 5.41) is 1.94. The predicted octanol–water partition coefficient (Wildman–Crippen LogP) is 6.62. The van der Waals surface area contributed by atoms with Gasteiger partial charge in [-0.2, -0.15) is 5.06 Å². The van der Waals surface area contributed by atoms with Crippen molar-refractivity contribution in [3.63, 3.8) is 0 Å². The van der Waals surface area contributed by atoms with Crippen LogP contribution in [-0.4, -0.2) is 28.2 Å². The van der Waals surface area contributed by atoms with E-state index in [0.29, 0.717) is 5.75 Å². The first kappa shape index (κ1) is 26.6. The number of aryl methyl sites for hydroxylation is 2. The van der Waals surface area contributed by atoms with Crippen molar-refractivity contribution in [2.24, 2.45) is 0 Å². The summed E-state index contributed by atoms with van der Waals surface area (Å²) in [5.74, 6) is 0.342. The van der Waals surface area contributed by atoms with Gasteiger partial charge in [0.15, 0.2) is 6.10 Å². The lowest BCUT2D eigenvalue weighted by Gasteiger charge is -2.46. The number of benzene rings is 1. The van der Waals surface area contributed by atoms with Crippen LogP contribution in [0.4, 0.5) is 0 Å². The van der Waals surface area contributed by atoms with Gasteiger partial charge in [-0.1, -0.05) is 53.7 Å². The number of rotatable bonds is 8. The highest BCUT2D eigenvalue weighted by Crippen LogP contribution is 2.34. The van der Waals surface area contributed by atoms with Gasteiger partial charge in [-0.3, -0.25) is 4.84 Å². The summed E-state index contributed by atoms with van der Waals surface area (Å²) in [6.07, 6.45) is 1.82. The lowest BCUT2D eigenvalue weighted by molar-refractivity contribution is -0.282. The van der Waals surface area contributed by atoms with Gasteiger partial charge in [0.25, 0.3) is 0 Å². The average Bonchev–Trinajstić information content (AvgIpc) is 2.63. The van der Waals surface area contributed by atoms with Crippen LogP contribution in [0.5, 0.6) is 5.75 Å². The minimum atomic E-state index is -0.702. The normalized spacial score (nSPS) is 14.2. The average molecular weight is 420 g/mol. The highest BCUT2D eigenvalue weighted by Gasteiger charge is 2.37. The smallest absolute Gasteiger partial charge is 0.342 e. The summed E-state index contributed by atoms with van der Waals surface area (Å²) >= 11 is 0. The van der Waals surface area contributed by atoms with E-state index in [1.54, 1.807) is 6.92 Å². The molecule has 0 radical (unpaired) electrons. The van der Waals surface area contributed by atoms with E-state index in [4.69, 9.17) is 9.57 Å². The quantitative estimate of drug-likeness (QED) is 0.269. The summed E-state index contributed by atoms with van der Waals surface area (Å²) in [4.78, 5) is 19.2. The fraction of sp³-hybridized carbons (Fsp3) is 0.731. The maximum absolute atomic E-state index is 13.0. The Hall–Kier alpha value is -1.39. The van der Waals surface area contributed by atoms with Crippen LogP contribution < -0.4 is 4.74 Å². The van der Waals surface area contributed by atoms with Crippen molar-refractivity contribution in [2.45, 2.75) is 125 Å². The second kappa shape index (κ2) is 9.82. The van der Waals surface area contributed by atoms with E-state index in [-0.39, 0.29) is 22.5 Å². The van der Waals surface area contributed by atoms with E-state index in [0.717, 1.165) is 30.4 Å². The Labute approximate surface area is 185 Å². The molecule has 0 heterocycles. The number of nitrogens with zero attached hydrogens (tertiary/aromatic N) is 1. The number of ether oxygens (including phenoxy) is 1. The number of esters is 1. The molecule has 1 atom stereocenters. The van der Waals surface area contributed by atoms with Gasteiger partial charge in [0.2, 0.25) is 0 Å². The number of hydrogen-bond donors (Lipinski definition) is 0. The molecule has 4 heteroatoms. The molecule has 0 saturated carbocycles. The van der Waals surface area contributed by atoms with E-state index < -0.39 is 6.10 Å². The zero-order chi connectivity index (χ0) is 23.5. The molecule has 0 aliphatic carbocycles. The molecule has 30 heavy (non-hydrogen) atoms. The second-order valence-corrected chi connectivity index (χ2v) is 10.9. The van der Waals surface area contributed by atoms with E-state index in [9.17, 15) is 4.79 Å². The van der Waals surface area contributed by atoms with Crippen LogP contribution in [0, 0.1) is 0 Å². The van der Waals surface area contributed by atoms with Crippen LogP contribution >= 0.6 is 0 Å². The molecular weight excluding hydrogens is 374 g/mol. The van der Waals surface area contributed by atoms with Crippen LogP contribution in [-0.2, 0) is 27.9 Å². The van der Waals surface area contributed by atoms with E-state index in [2.05, 4.69) is 88.3 Å². The van der Waals surface area contributed by atoms with Crippen LogP contribution in [0.1, 0.15) is 106 Å². The predicted molar refractivity (Wildman–Crippen MR) is 126 cm³/mol. The Morgan fingerprint density at radius 1 is 0.933 bits per heavy atom. The molecule has 4 nitrogen and oxygen atoms in total. The van der Waals surface area contributed by atoms with Gasteiger partial charge in [0, 0.05) is 11.1 Å². The molecule has 0 N–H and O–H groups in total. The molecule has 0 spiro atoms. The minimum Gasteiger partial charge on any atom is -0.424 e. The molecule has 1 aromatic carbocycles. The molecule has 1 rings (SSSR count). The molecule has 1 unspecified atom stereocenters. The second-order valence-electron chi connectivity index (χ2n) is 10.9. The molecule has 0 bridgehead atoms. The Balaban J connectivity index is 3.20. The summed E-state index contributed by atoms with van der Waals surface area (Å²) in [7, 11) is 0. The zero-order valence-corrected chi connectivity index (χ0v) is 21.5. The van der Waals surface area contributed by atoms with Gasteiger partial charge in [0.05, 0.1) is 0 Å². The zero-order valence-electron chi connectivity index (χ0n) is 21.5. The largest absolute Gasteiger partial charge is 0.424 e. The molecule has 0 aromatic heterocycles. The minimum absolute atomic E-state index is 0.0473. The number of hydrogen-bond acceptors (Lipinski definition) is 4. The first-order valence-electron chi connectivity index (χ1n) is 11.4. The third kappa shape index (κ3) is 6.55. The third-order valence-corrected chi connectivity index (χ3v) is 5.69. The van der Waals surface area contributed by atoms with Gasteiger partial charge in [-0.15, -0.1) is 0 Å². The standard InChI is InChI=1S/C26H45NO3/c1-13-19-16-21(24(5,6)7)17-20(14-2)22(19)29-23(28)18(4)30-27(25(8,9)10)26(11,12)15-3/h16-18H,13-15H2,1-12H3. The lowest BCUT2D eigenvalue weighted by Crippen LogP contribution is -2.55. The fourth-order valence-electron chi connectivity index (χ4n) is 3.58. The Kier molecular flexibility index (Phi) is 8.73. The summed E-state index contributed by atoms with van der Waals surface area (Å²) in [6.45, 7) is 25.3. The SMILES string of the molecule is CCc1cc(C(C)(C)C)cc(CC)c1OC(=O)C(C)ON(C(C)(C)C)C(C)(C)CC. The monoisotopic (exact) mass is 419 g/mol. The third-order valence-electron chi connectivity index (χ3n) is 5.69. The maximum Gasteiger partial charge on any atom is 0.342 e. The van der Waals surface area contributed by atoms with Crippen LogP contribution in [0.3, 0.4) is 0 Å². The Morgan fingerprint density at radius 3 is 1.73 bits per heavy atom. The van der Waals surface area contributed by atoms with Crippen LogP contribution in [0.25, 0.3) is 0 Å². The summed E-state index contributed by atoms with van der Waals surface area (Å²) in [6, 6.07) is 4.35. The molecule has 1 aromatic rings. The topological polar surface area (TPSA) is 38.8 Å². The van der Waals surface area contributed by atoms with Crippen LogP contribution in [0.2, 0.25) is 0 Å². The lowest BCUT2D eigenvalue weighted by atomic mass is 9.84. The van der Waals surface area contributed by atoms with Crippen LogP contribution in [0.15, 0.2) is 12.1 Å². The fourth-order valence-corrected chi connectivity index (χ4v) is 3.58. The van der Waals surface area contributed by atoms with Crippen molar-refractivity contribution >= 4 is 5.97 Å².